The molecule has 2 aliphatic rings. The molecule has 2 aromatic rings. The summed E-state index contributed by atoms with van der Waals surface area (Å²) in [6, 6.07) is 10.3. The number of amides is 2. The van der Waals surface area contributed by atoms with Gasteiger partial charge >= 0.3 is 6.03 Å². The topological polar surface area (TPSA) is 68.6 Å². The van der Waals surface area contributed by atoms with Gasteiger partial charge in [0.1, 0.15) is 5.82 Å². The van der Waals surface area contributed by atoms with E-state index in [4.69, 9.17) is 9.47 Å². The molecule has 2 fully saturated rings. The van der Waals surface area contributed by atoms with Gasteiger partial charge in [-0.2, -0.15) is 0 Å². The molecule has 0 aliphatic carbocycles. The molecule has 2 amide bonds. The Bertz CT molecular complexity index is 746. The second kappa shape index (κ2) is 8.10. The molecule has 0 radical (unpaired) electrons. The minimum atomic E-state index is -0.445. The van der Waals surface area contributed by atoms with Crippen molar-refractivity contribution in [3.63, 3.8) is 0 Å². The molecule has 7 heteroatoms. The van der Waals surface area contributed by atoms with Crippen molar-refractivity contribution in [3.8, 4) is 0 Å². The Kier molecular flexibility index (Phi) is 5.40. The minimum Gasteiger partial charge on any atom is -0.347 e. The normalized spacial score (nSPS) is 18.7. The summed E-state index contributed by atoms with van der Waals surface area (Å²) in [5.41, 5.74) is 1.24. The van der Waals surface area contributed by atoms with Crippen LogP contribution in [0.4, 0.5) is 4.79 Å². The second-order valence-electron chi connectivity index (χ2n) is 7.03. The van der Waals surface area contributed by atoms with Crippen LogP contribution in [0, 0.1) is 0 Å². The molecule has 27 heavy (non-hydrogen) atoms. The van der Waals surface area contributed by atoms with Gasteiger partial charge in [0, 0.05) is 57.8 Å². The monoisotopic (exact) mass is 370 g/mol. The fourth-order valence-corrected chi connectivity index (χ4v) is 3.72. The van der Waals surface area contributed by atoms with E-state index in [1.165, 1.54) is 5.56 Å². The number of rotatable bonds is 5. The molecule has 3 heterocycles. The van der Waals surface area contributed by atoms with Gasteiger partial charge < -0.3 is 24.3 Å². The number of imidazole rings is 1. The smallest absolute Gasteiger partial charge is 0.317 e. The number of nitrogens with zero attached hydrogens (tertiary/aromatic N) is 3. The average molecular weight is 370 g/mol. The summed E-state index contributed by atoms with van der Waals surface area (Å²) in [7, 11) is 0. The van der Waals surface area contributed by atoms with Crippen LogP contribution in [0.1, 0.15) is 24.2 Å². The highest BCUT2D eigenvalue weighted by Crippen LogP contribution is 2.31. The number of hydrogen-bond acceptors (Lipinski definition) is 4. The van der Waals surface area contributed by atoms with Crippen LogP contribution in [0.5, 0.6) is 0 Å². The number of piperidine rings is 1. The van der Waals surface area contributed by atoms with Gasteiger partial charge in [0.25, 0.3) is 0 Å². The first-order chi connectivity index (χ1) is 13.2. The highest BCUT2D eigenvalue weighted by molar-refractivity contribution is 5.74. The first-order valence-electron chi connectivity index (χ1n) is 9.59. The Balaban J connectivity index is 1.23. The Hall–Kier alpha value is -2.38. The van der Waals surface area contributed by atoms with E-state index in [2.05, 4.69) is 27.0 Å². The van der Waals surface area contributed by atoms with E-state index < -0.39 is 5.79 Å². The van der Waals surface area contributed by atoms with E-state index in [-0.39, 0.29) is 6.03 Å². The van der Waals surface area contributed by atoms with E-state index in [0.717, 1.165) is 25.2 Å². The number of aromatic nitrogens is 2. The zero-order valence-corrected chi connectivity index (χ0v) is 15.5. The second-order valence-corrected chi connectivity index (χ2v) is 7.03. The molecule has 1 spiro atoms. The predicted octanol–water partition coefficient (Wildman–Crippen LogP) is 2.02. The molecule has 1 aromatic heterocycles. The first-order valence-corrected chi connectivity index (χ1v) is 9.59. The molecule has 144 valence electrons. The molecule has 1 N–H and O–H groups in total. The fourth-order valence-electron chi connectivity index (χ4n) is 3.72. The van der Waals surface area contributed by atoms with Gasteiger partial charge in [-0.05, 0) is 5.56 Å². The Morgan fingerprint density at radius 1 is 1.15 bits per heavy atom. The zero-order valence-electron chi connectivity index (χ0n) is 15.5. The molecule has 4 rings (SSSR count). The van der Waals surface area contributed by atoms with Crippen molar-refractivity contribution in [2.45, 2.75) is 31.6 Å². The van der Waals surface area contributed by atoms with Crippen molar-refractivity contribution in [3.05, 3.63) is 54.1 Å². The fraction of sp³-hybridized carbons (Fsp3) is 0.500. The third-order valence-electron chi connectivity index (χ3n) is 5.25. The van der Waals surface area contributed by atoms with Crippen LogP contribution in [0.25, 0.3) is 0 Å². The number of hydrogen-bond donors (Lipinski definition) is 1. The van der Waals surface area contributed by atoms with Gasteiger partial charge in [0.2, 0.25) is 0 Å². The van der Waals surface area contributed by atoms with Crippen LogP contribution in [0.2, 0.25) is 0 Å². The Morgan fingerprint density at radius 3 is 2.63 bits per heavy atom. The third-order valence-corrected chi connectivity index (χ3v) is 5.25. The van der Waals surface area contributed by atoms with E-state index >= 15 is 0 Å². The summed E-state index contributed by atoms with van der Waals surface area (Å²) in [5.74, 6) is 0.531. The average Bonchev–Trinajstić information content (AvgIpc) is 3.33. The van der Waals surface area contributed by atoms with Crippen LogP contribution >= 0.6 is 0 Å². The number of urea groups is 1. The van der Waals surface area contributed by atoms with Crippen molar-refractivity contribution < 1.29 is 14.3 Å². The molecular weight excluding hydrogens is 344 g/mol. The van der Waals surface area contributed by atoms with Crippen LogP contribution < -0.4 is 5.32 Å². The first kappa shape index (κ1) is 18.0. The van der Waals surface area contributed by atoms with Gasteiger partial charge in [0.05, 0.1) is 13.2 Å². The highest BCUT2D eigenvalue weighted by Gasteiger charge is 2.40. The molecule has 2 saturated heterocycles. The largest absolute Gasteiger partial charge is 0.347 e. The quantitative estimate of drug-likeness (QED) is 0.874. The van der Waals surface area contributed by atoms with Crippen LogP contribution in [-0.2, 0) is 22.4 Å². The molecule has 1 aromatic carbocycles. The molecule has 0 atom stereocenters. The van der Waals surface area contributed by atoms with Crippen LogP contribution in [-0.4, -0.2) is 59.1 Å². The lowest BCUT2D eigenvalue weighted by molar-refractivity contribution is -0.181. The summed E-state index contributed by atoms with van der Waals surface area (Å²) in [6.45, 7) is 3.99. The Labute approximate surface area is 159 Å². The van der Waals surface area contributed by atoms with Gasteiger partial charge in [-0.25, -0.2) is 9.78 Å². The summed E-state index contributed by atoms with van der Waals surface area (Å²) >= 11 is 0. The molecule has 7 nitrogen and oxygen atoms in total. The highest BCUT2D eigenvalue weighted by atomic mass is 16.7. The Morgan fingerprint density at radius 2 is 1.89 bits per heavy atom. The summed E-state index contributed by atoms with van der Waals surface area (Å²) in [4.78, 5) is 18.7. The van der Waals surface area contributed by atoms with Crippen molar-refractivity contribution in [2.24, 2.45) is 0 Å². The predicted molar refractivity (Wildman–Crippen MR) is 100 cm³/mol. The molecule has 0 bridgehead atoms. The molecular formula is C20H26N4O3. The van der Waals surface area contributed by atoms with Gasteiger partial charge in [-0.1, -0.05) is 30.3 Å². The summed E-state index contributed by atoms with van der Waals surface area (Å²) in [6.07, 6.45) is 5.97. The van der Waals surface area contributed by atoms with Crippen LogP contribution in [0.3, 0.4) is 0 Å². The standard InChI is InChI=1S/C20H26N4O3/c25-19(23-11-7-20(8-12-23)26-14-15-27-20)22-9-6-18-21-10-13-24(18)16-17-4-2-1-3-5-17/h1-5,10,13H,6-9,11-12,14-16H2,(H,22,25). The summed E-state index contributed by atoms with van der Waals surface area (Å²) < 4.78 is 13.5. The lowest BCUT2D eigenvalue weighted by atomic mass is 10.0. The van der Waals surface area contributed by atoms with E-state index in [1.807, 2.05) is 35.5 Å². The maximum Gasteiger partial charge on any atom is 0.317 e. The van der Waals surface area contributed by atoms with Crippen molar-refractivity contribution in [2.75, 3.05) is 32.8 Å². The lowest BCUT2D eigenvalue weighted by Gasteiger charge is -2.37. The van der Waals surface area contributed by atoms with E-state index in [1.54, 1.807) is 0 Å². The SMILES string of the molecule is O=C(NCCc1nccn1Cc1ccccc1)N1CCC2(CC1)OCCO2. The zero-order chi connectivity index (χ0) is 18.5. The number of carbonyl (C=O) groups excluding carboxylic acids is 1. The van der Waals surface area contributed by atoms with Crippen LogP contribution in [0.15, 0.2) is 42.7 Å². The summed E-state index contributed by atoms with van der Waals surface area (Å²) in [5, 5.41) is 3.01. The van der Waals surface area contributed by atoms with Gasteiger partial charge in [0.15, 0.2) is 5.79 Å². The molecule has 0 saturated carbocycles. The molecule has 0 unspecified atom stereocenters. The minimum absolute atomic E-state index is 0.0241. The van der Waals surface area contributed by atoms with Crippen molar-refractivity contribution in [1.29, 1.82) is 0 Å². The third kappa shape index (κ3) is 4.31. The van der Waals surface area contributed by atoms with Crippen molar-refractivity contribution >= 4 is 6.03 Å². The maximum atomic E-state index is 12.4. The number of likely N-dealkylation sites (tertiary alicyclic amines) is 1. The number of ether oxygens (including phenoxy) is 2. The van der Waals surface area contributed by atoms with E-state index in [9.17, 15) is 4.79 Å². The molecule has 2 aliphatic heterocycles. The number of benzene rings is 1. The maximum absolute atomic E-state index is 12.4. The van der Waals surface area contributed by atoms with E-state index in [0.29, 0.717) is 39.3 Å². The lowest BCUT2D eigenvalue weighted by Crippen LogP contribution is -2.50. The number of carbonyl (C=O) groups is 1. The van der Waals surface area contributed by atoms with Gasteiger partial charge in [-0.15, -0.1) is 0 Å². The van der Waals surface area contributed by atoms with Crippen molar-refractivity contribution in [1.82, 2.24) is 19.8 Å². The number of nitrogens with one attached hydrogen (secondary N) is 1. The van der Waals surface area contributed by atoms with Gasteiger partial charge in [-0.3, -0.25) is 0 Å².